The van der Waals surface area contributed by atoms with Crippen LogP contribution in [0.25, 0.3) is 0 Å². The molecule has 0 rings (SSSR count). The van der Waals surface area contributed by atoms with Crippen LogP contribution in [0.1, 0.15) is 0 Å². The quantitative estimate of drug-likeness (QED) is 0.415. The number of hydrogen-bond acceptors (Lipinski definition) is 5. The lowest BCUT2D eigenvalue weighted by Crippen LogP contribution is -2.36. The molecule has 0 unspecified atom stereocenters. The van der Waals surface area contributed by atoms with E-state index < -0.39 is 6.09 Å². The average molecular weight is 235 g/mol. The van der Waals surface area contributed by atoms with Crippen molar-refractivity contribution >= 4 is 6.09 Å². The monoisotopic (exact) mass is 235 g/mol. The van der Waals surface area contributed by atoms with Crippen LogP contribution in [-0.4, -0.2) is 68.7 Å². The number of nitrogens with two attached hydrogens (primary N) is 2. The number of ether oxygens (including phenoxy) is 2. The molecule has 7 heteroatoms. The third kappa shape index (κ3) is 8.42. The van der Waals surface area contributed by atoms with Crippen molar-refractivity contribution < 1.29 is 19.4 Å². The van der Waals surface area contributed by atoms with E-state index >= 15 is 0 Å². The molecule has 7 nitrogen and oxygen atoms in total. The maximum atomic E-state index is 10.8. The number of amides is 1. The van der Waals surface area contributed by atoms with Gasteiger partial charge in [-0.15, -0.1) is 0 Å². The first-order chi connectivity index (χ1) is 7.72. The van der Waals surface area contributed by atoms with Gasteiger partial charge in [0.1, 0.15) is 0 Å². The van der Waals surface area contributed by atoms with Gasteiger partial charge in [0.15, 0.2) is 0 Å². The first-order valence-electron chi connectivity index (χ1n) is 5.25. The lowest BCUT2D eigenvalue weighted by Gasteiger charge is -2.18. The van der Waals surface area contributed by atoms with Crippen LogP contribution in [0.15, 0.2) is 0 Å². The molecule has 0 aliphatic carbocycles. The highest BCUT2D eigenvalue weighted by molar-refractivity contribution is 5.64. The van der Waals surface area contributed by atoms with E-state index in [4.69, 9.17) is 26.0 Å². The van der Waals surface area contributed by atoms with Crippen molar-refractivity contribution in [3.05, 3.63) is 0 Å². The Morgan fingerprint density at radius 1 is 1.00 bits per heavy atom. The van der Waals surface area contributed by atoms with Crippen LogP contribution in [0, 0.1) is 0 Å². The summed E-state index contributed by atoms with van der Waals surface area (Å²) in [5.74, 6) is 0. The molecule has 0 aromatic carbocycles. The largest absolute Gasteiger partial charge is 0.465 e. The molecule has 0 atom stereocenters. The van der Waals surface area contributed by atoms with E-state index in [1.807, 2.05) is 0 Å². The molecule has 0 aromatic heterocycles. The fourth-order valence-electron chi connectivity index (χ4n) is 1.02. The summed E-state index contributed by atoms with van der Waals surface area (Å²) in [6, 6.07) is 0. The summed E-state index contributed by atoms with van der Waals surface area (Å²) in [5.41, 5.74) is 10.5. The van der Waals surface area contributed by atoms with Crippen LogP contribution in [0.4, 0.5) is 4.79 Å². The first kappa shape index (κ1) is 15.1. The van der Waals surface area contributed by atoms with Gasteiger partial charge in [-0.05, 0) is 0 Å². The van der Waals surface area contributed by atoms with Gasteiger partial charge in [-0.1, -0.05) is 0 Å². The Bertz CT molecular complexity index is 168. The Labute approximate surface area is 95.3 Å². The molecule has 0 aliphatic heterocycles. The molecular formula is C9H21N3O4. The zero-order valence-corrected chi connectivity index (χ0v) is 9.43. The van der Waals surface area contributed by atoms with E-state index in [1.165, 1.54) is 4.90 Å². The predicted molar refractivity (Wildman–Crippen MR) is 59.3 cm³/mol. The number of rotatable bonds is 10. The highest BCUT2D eigenvalue weighted by Gasteiger charge is 2.10. The molecule has 0 radical (unpaired) electrons. The third-order valence-electron chi connectivity index (χ3n) is 1.81. The molecule has 0 fully saturated rings. The summed E-state index contributed by atoms with van der Waals surface area (Å²) in [6.45, 7) is 3.09. The molecule has 0 saturated heterocycles. The van der Waals surface area contributed by atoms with Gasteiger partial charge in [0, 0.05) is 26.2 Å². The summed E-state index contributed by atoms with van der Waals surface area (Å²) in [6.07, 6.45) is -0.979. The van der Waals surface area contributed by atoms with Gasteiger partial charge in [-0.25, -0.2) is 4.79 Å². The molecule has 16 heavy (non-hydrogen) atoms. The summed E-state index contributed by atoms with van der Waals surface area (Å²) >= 11 is 0. The van der Waals surface area contributed by atoms with Crippen LogP contribution >= 0.6 is 0 Å². The third-order valence-corrected chi connectivity index (χ3v) is 1.81. The normalized spacial score (nSPS) is 10.4. The van der Waals surface area contributed by atoms with E-state index in [-0.39, 0.29) is 0 Å². The maximum Gasteiger partial charge on any atom is 0.407 e. The molecule has 0 bridgehead atoms. The highest BCUT2D eigenvalue weighted by atomic mass is 16.5. The van der Waals surface area contributed by atoms with Gasteiger partial charge in [0.25, 0.3) is 0 Å². The second kappa shape index (κ2) is 10.6. The lowest BCUT2D eigenvalue weighted by molar-refractivity contribution is 0.0739. The molecule has 0 spiro atoms. The van der Waals surface area contributed by atoms with Crippen molar-refractivity contribution in [1.29, 1.82) is 0 Å². The van der Waals surface area contributed by atoms with Gasteiger partial charge in [-0.3, -0.25) is 0 Å². The van der Waals surface area contributed by atoms with Crippen LogP contribution in [0.5, 0.6) is 0 Å². The highest BCUT2D eigenvalue weighted by Crippen LogP contribution is 1.90. The van der Waals surface area contributed by atoms with E-state index in [2.05, 4.69) is 0 Å². The minimum atomic E-state index is -0.979. The Hall–Kier alpha value is -0.890. The van der Waals surface area contributed by atoms with Crippen LogP contribution in [-0.2, 0) is 9.47 Å². The van der Waals surface area contributed by atoms with Gasteiger partial charge in [0.2, 0.25) is 0 Å². The predicted octanol–water partition coefficient (Wildman–Crippen LogP) is -1.08. The summed E-state index contributed by atoms with van der Waals surface area (Å²) in [7, 11) is 0. The Morgan fingerprint density at radius 3 is 1.75 bits per heavy atom. The molecule has 0 aromatic rings. The van der Waals surface area contributed by atoms with Crippen LogP contribution in [0.3, 0.4) is 0 Å². The summed E-state index contributed by atoms with van der Waals surface area (Å²) in [5, 5.41) is 8.85. The maximum absolute atomic E-state index is 10.8. The topological polar surface area (TPSA) is 111 Å². The second-order valence-electron chi connectivity index (χ2n) is 3.07. The number of hydrogen-bond donors (Lipinski definition) is 3. The van der Waals surface area contributed by atoms with Crippen molar-refractivity contribution in [2.24, 2.45) is 11.5 Å². The van der Waals surface area contributed by atoms with Crippen molar-refractivity contribution in [2.75, 3.05) is 52.6 Å². The second-order valence-corrected chi connectivity index (χ2v) is 3.07. The molecule has 5 N–H and O–H groups in total. The Morgan fingerprint density at radius 2 is 1.44 bits per heavy atom. The molecule has 1 amide bonds. The molecule has 0 aliphatic rings. The average Bonchev–Trinajstić information content (AvgIpc) is 2.26. The van der Waals surface area contributed by atoms with Gasteiger partial charge in [0.05, 0.1) is 26.4 Å². The van der Waals surface area contributed by atoms with E-state index in [9.17, 15) is 4.79 Å². The van der Waals surface area contributed by atoms with E-state index in [0.29, 0.717) is 52.6 Å². The smallest absolute Gasteiger partial charge is 0.407 e. The Kier molecular flexibility index (Phi) is 10.0. The van der Waals surface area contributed by atoms with Gasteiger partial charge >= 0.3 is 6.09 Å². The van der Waals surface area contributed by atoms with Crippen molar-refractivity contribution in [3.63, 3.8) is 0 Å². The molecule has 0 heterocycles. The number of nitrogens with zero attached hydrogens (tertiary/aromatic N) is 1. The minimum absolute atomic E-state index is 0.321. The Balaban J connectivity index is 3.59. The molecule has 0 saturated carbocycles. The molecule has 96 valence electrons. The van der Waals surface area contributed by atoms with Crippen LogP contribution < -0.4 is 11.5 Å². The zero-order chi connectivity index (χ0) is 12.2. The zero-order valence-electron chi connectivity index (χ0n) is 9.43. The number of carboxylic acid groups (broad SMARTS) is 1. The van der Waals surface area contributed by atoms with E-state index in [1.54, 1.807) is 0 Å². The standard InChI is InChI=1S/C9H21N3O4/c10-1-5-15-7-3-12(9(13)14)4-8-16-6-2-11/h1-8,10-11H2,(H,13,14). The minimum Gasteiger partial charge on any atom is -0.465 e. The SMILES string of the molecule is NCCOCCN(CCOCCN)C(=O)O. The van der Waals surface area contributed by atoms with Crippen molar-refractivity contribution in [1.82, 2.24) is 4.90 Å². The van der Waals surface area contributed by atoms with Crippen molar-refractivity contribution in [2.45, 2.75) is 0 Å². The molecular weight excluding hydrogens is 214 g/mol. The lowest BCUT2D eigenvalue weighted by atomic mass is 10.5. The van der Waals surface area contributed by atoms with E-state index in [0.717, 1.165) is 0 Å². The van der Waals surface area contributed by atoms with Gasteiger partial charge in [-0.2, -0.15) is 0 Å². The fourth-order valence-corrected chi connectivity index (χ4v) is 1.02. The fraction of sp³-hybridized carbons (Fsp3) is 0.889. The summed E-state index contributed by atoms with van der Waals surface area (Å²) < 4.78 is 10.2. The summed E-state index contributed by atoms with van der Waals surface area (Å²) in [4.78, 5) is 12.0. The van der Waals surface area contributed by atoms with Crippen molar-refractivity contribution in [3.8, 4) is 0 Å². The van der Waals surface area contributed by atoms with Gasteiger partial charge < -0.3 is 30.9 Å². The van der Waals surface area contributed by atoms with Crippen LogP contribution in [0.2, 0.25) is 0 Å². The number of carbonyl (C=O) groups is 1. The first-order valence-corrected chi connectivity index (χ1v) is 5.25.